The van der Waals surface area contributed by atoms with Gasteiger partial charge in [0.1, 0.15) is 11.6 Å². The molecule has 0 aliphatic carbocycles. The van der Waals surface area contributed by atoms with Gasteiger partial charge in [-0.15, -0.1) is 0 Å². The normalized spacial score (nSPS) is 12.4. The van der Waals surface area contributed by atoms with Crippen LogP contribution in [-0.4, -0.2) is 19.5 Å². The second-order valence-corrected chi connectivity index (χ2v) is 12.2. The van der Waals surface area contributed by atoms with E-state index in [2.05, 4.69) is 143 Å². The van der Waals surface area contributed by atoms with Gasteiger partial charge in [0.05, 0.1) is 16.7 Å². The molecular formula is C35H34N4. The summed E-state index contributed by atoms with van der Waals surface area (Å²) >= 11 is 0. The van der Waals surface area contributed by atoms with E-state index in [1.54, 1.807) is 0 Å². The summed E-state index contributed by atoms with van der Waals surface area (Å²) in [5.41, 5.74) is 6.35. The number of benzene rings is 4. The van der Waals surface area contributed by atoms with Gasteiger partial charge < -0.3 is 4.57 Å². The molecule has 4 nitrogen and oxygen atoms in total. The molecule has 194 valence electrons. The van der Waals surface area contributed by atoms with Gasteiger partial charge in [-0.25, -0.2) is 15.0 Å². The minimum Gasteiger partial charge on any atom is -0.308 e. The molecule has 0 unspecified atom stereocenters. The van der Waals surface area contributed by atoms with E-state index in [9.17, 15) is 0 Å². The van der Waals surface area contributed by atoms with E-state index in [4.69, 9.17) is 15.0 Å². The zero-order valence-corrected chi connectivity index (χ0v) is 23.5. The largest absolute Gasteiger partial charge is 0.308 e. The summed E-state index contributed by atoms with van der Waals surface area (Å²) in [6, 6.07) is 34.3. The van der Waals surface area contributed by atoms with Crippen LogP contribution in [0.2, 0.25) is 0 Å². The Morgan fingerprint density at radius 3 is 1.77 bits per heavy atom. The fourth-order valence-corrected chi connectivity index (χ4v) is 5.14. The highest BCUT2D eigenvalue weighted by Gasteiger charge is 2.27. The van der Waals surface area contributed by atoms with Crippen LogP contribution in [0.5, 0.6) is 0 Å². The zero-order valence-electron chi connectivity index (χ0n) is 23.5. The minimum absolute atomic E-state index is 0.208. The lowest BCUT2D eigenvalue weighted by atomic mass is 9.93. The van der Waals surface area contributed by atoms with Gasteiger partial charge in [0.25, 0.3) is 0 Å². The Hall–Kier alpha value is -4.31. The summed E-state index contributed by atoms with van der Waals surface area (Å²) in [6.07, 6.45) is 0. The predicted molar refractivity (Wildman–Crippen MR) is 162 cm³/mol. The van der Waals surface area contributed by atoms with E-state index in [0.717, 1.165) is 28.4 Å². The summed E-state index contributed by atoms with van der Waals surface area (Å²) < 4.78 is 2.39. The van der Waals surface area contributed by atoms with E-state index in [1.807, 2.05) is 0 Å². The summed E-state index contributed by atoms with van der Waals surface area (Å²) in [6.45, 7) is 12.9. The Bertz CT molecular complexity index is 1780. The molecule has 2 heterocycles. The van der Waals surface area contributed by atoms with Gasteiger partial charge in [-0.1, -0.05) is 120 Å². The maximum absolute atomic E-state index is 5.06. The third-order valence-electron chi connectivity index (χ3n) is 7.14. The Balaban J connectivity index is 1.72. The van der Waals surface area contributed by atoms with Crippen molar-refractivity contribution in [3.05, 3.63) is 109 Å². The number of hydrogen-bond acceptors (Lipinski definition) is 3. The quantitative estimate of drug-likeness (QED) is 0.239. The molecule has 0 bridgehead atoms. The number of aromatic nitrogens is 4. The number of nitrogens with zero attached hydrogens (tertiary/aromatic N) is 4. The maximum atomic E-state index is 5.06. The number of fused-ring (bicyclic) bond motifs is 3. The molecule has 6 rings (SSSR count). The van der Waals surface area contributed by atoms with Crippen LogP contribution in [0.4, 0.5) is 0 Å². The van der Waals surface area contributed by atoms with Crippen LogP contribution < -0.4 is 0 Å². The minimum atomic E-state index is -0.208. The van der Waals surface area contributed by atoms with Crippen LogP contribution in [0.1, 0.15) is 53.2 Å². The summed E-state index contributed by atoms with van der Waals surface area (Å²) in [5.74, 6) is 2.32. The first-order valence-corrected chi connectivity index (χ1v) is 13.6. The highest BCUT2D eigenvalue weighted by atomic mass is 15.1. The van der Waals surface area contributed by atoms with Gasteiger partial charge in [-0.2, -0.15) is 0 Å². The van der Waals surface area contributed by atoms with E-state index in [1.165, 1.54) is 27.4 Å². The number of para-hydroxylation sites is 3. The number of rotatable bonds is 3. The predicted octanol–water partition coefficient (Wildman–Crippen LogP) is 8.90. The van der Waals surface area contributed by atoms with Crippen molar-refractivity contribution in [2.75, 3.05) is 0 Å². The van der Waals surface area contributed by atoms with Crippen molar-refractivity contribution in [3.8, 4) is 28.2 Å². The molecule has 6 aromatic rings. The lowest BCUT2D eigenvalue weighted by Gasteiger charge is -2.23. The molecule has 4 aromatic carbocycles. The van der Waals surface area contributed by atoms with Crippen molar-refractivity contribution >= 4 is 21.8 Å². The van der Waals surface area contributed by atoms with Crippen molar-refractivity contribution in [2.45, 2.75) is 52.4 Å². The average molecular weight is 511 g/mol. The van der Waals surface area contributed by atoms with Crippen molar-refractivity contribution in [2.24, 2.45) is 0 Å². The smallest absolute Gasteiger partial charge is 0.165 e. The molecule has 0 saturated heterocycles. The standard InChI is InChI=1S/C35H34N4/c1-34(2,3)32-36-31(37-33(38-32)35(4,5)6)27-18-11-13-22-29(27)39-28-21-12-10-17-25(28)26-20-14-19-24(30(26)39)23-15-8-7-9-16-23/h7-22H,1-6H3. The van der Waals surface area contributed by atoms with Crippen molar-refractivity contribution in [3.63, 3.8) is 0 Å². The third-order valence-corrected chi connectivity index (χ3v) is 7.14. The second kappa shape index (κ2) is 9.16. The van der Waals surface area contributed by atoms with E-state index < -0.39 is 0 Å². The van der Waals surface area contributed by atoms with Gasteiger partial charge in [0, 0.05) is 32.7 Å². The van der Waals surface area contributed by atoms with E-state index in [-0.39, 0.29) is 10.8 Å². The molecule has 0 atom stereocenters. The van der Waals surface area contributed by atoms with Crippen LogP contribution in [0.15, 0.2) is 97.1 Å². The van der Waals surface area contributed by atoms with Crippen LogP contribution >= 0.6 is 0 Å². The van der Waals surface area contributed by atoms with Crippen LogP contribution in [0.3, 0.4) is 0 Å². The number of hydrogen-bond donors (Lipinski definition) is 0. The van der Waals surface area contributed by atoms with Crippen molar-refractivity contribution < 1.29 is 0 Å². The highest BCUT2D eigenvalue weighted by molar-refractivity contribution is 6.14. The molecule has 0 fully saturated rings. The zero-order chi connectivity index (χ0) is 27.4. The SMILES string of the molecule is CC(C)(C)c1nc(-c2ccccc2-n2c3ccccc3c3cccc(-c4ccccc4)c32)nc(C(C)(C)C)n1. The molecule has 39 heavy (non-hydrogen) atoms. The van der Waals surface area contributed by atoms with Gasteiger partial charge in [0.15, 0.2) is 5.82 Å². The monoisotopic (exact) mass is 510 g/mol. The maximum Gasteiger partial charge on any atom is 0.165 e. The fraction of sp³-hybridized carbons (Fsp3) is 0.229. The van der Waals surface area contributed by atoms with Crippen molar-refractivity contribution in [1.82, 2.24) is 19.5 Å². The molecule has 0 aliphatic heterocycles. The summed E-state index contributed by atoms with van der Waals surface area (Å²) in [4.78, 5) is 15.0. The fourth-order valence-electron chi connectivity index (χ4n) is 5.14. The lowest BCUT2D eigenvalue weighted by molar-refractivity contribution is 0.497. The van der Waals surface area contributed by atoms with Crippen LogP contribution in [0, 0.1) is 0 Å². The highest BCUT2D eigenvalue weighted by Crippen LogP contribution is 2.40. The second-order valence-electron chi connectivity index (χ2n) is 12.2. The first-order chi connectivity index (χ1) is 18.6. The molecule has 0 radical (unpaired) electrons. The van der Waals surface area contributed by atoms with Gasteiger partial charge in [-0.3, -0.25) is 0 Å². The third kappa shape index (κ3) is 4.40. The molecule has 0 saturated carbocycles. The topological polar surface area (TPSA) is 43.6 Å². The average Bonchev–Trinajstić information content (AvgIpc) is 3.27. The lowest BCUT2D eigenvalue weighted by Crippen LogP contribution is -2.24. The van der Waals surface area contributed by atoms with Gasteiger partial charge >= 0.3 is 0 Å². The van der Waals surface area contributed by atoms with E-state index in [0.29, 0.717) is 5.82 Å². The summed E-state index contributed by atoms with van der Waals surface area (Å²) in [7, 11) is 0. The molecular weight excluding hydrogens is 476 g/mol. The Labute approximate surface area is 230 Å². The first kappa shape index (κ1) is 25.0. The molecule has 0 amide bonds. The van der Waals surface area contributed by atoms with Crippen LogP contribution in [0.25, 0.3) is 50.0 Å². The van der Waals surface area contributed by atoms with Crippen molar-refractivity contribution in [1.29, 1.82) is 0 Å². The molecule has 2 aromatic heterocycles. The Morgan fingerprint density at radius 2 is 1.08 bits per heavy atom. The Kier molecular flexibility index (Phi) is 5.87. The molecule has 0 spiro atoms. The van der Waals surface area contributed by atoms with Crippen LogP contribution in [-0.2, 0) is 10.8 Å². The van der Waals surface area contributed by atoms with E-state index >= 15 is 0 Å². The summed E-state index contributed by atoms with van der Waals surface area (Å²) in [5, 5.41) is 2.45. The first-order valence-electron chi connectivity index (χ1n) is 13.6. The van der Waals surface area contributed by atoms with Gasteiger partial charge in [-0.05, 0) is 23.8 Å². The Morgan fingerprint density at radius 1 is 0.513 bits per heavy atom. The molecule has 0 aliphatic rings. The molecule has 0 N–H and O–H groups in total. The molecule has 4 heteroatoms. The van der Waals surface area contributed by atoms with Gasteiger partial charge in [0.2, 0.25) is 0 Å².